The van der Waals surface area contributed by atoms with Crippen molar-refractivity contribution in [1.29, 1.82) is 0 Å². The van der Waals surface area contributed by atoms with Crippen LogP contribution >= 0.6 is 0 Å². The maximum atomic E-state index is 11.0. The van der Waals surface area contributed by atoms with Crippen LogP contribution in [0.3, 0.4) is 0 Å². The Hall–Kier alpha value is -0.240. The van der Waals surface area contributed by atoms with Gasteiger partial charge in [-0.3, -0.25) is 4.90 Å². The zero-order valence-electron chi connectivity index (χ0n) is 28.4. The van der Waals surface area contributed by atoms with Gasteiger partial charge in [0.25, 0.3) is 0 Å². The second kappa shape index (κ2) is 32.7. The van der Waals surface area contributed by atoms with Gasteiger partial charge in [-0.05, 0) is 25.8 Å². The minimum absolute atomic E-state index is 0.303. The van der Waals surface area contributed by atoms with E-state index < -0.39 is 0 Å². The summed E-state index contributed by atoms with van der Waals surface area (Å²) in [6.45, 7) is 13.7. The predicted molar refractivity (Wildman–Crippen MR) is 181 cm³/mol. The van der Waals surface area contributed by atoms with Gasteiger partial charge in [-0.1, -0.05) is 136 Å². The van der Waals surface area contributed by atoms with Crippen molar-refractivity contribution in [2.45, 2.75) is 161 Å². The summed E-state index contributed by atoms with van der Waals surface area (Å²) in [5, 5.41) is 32.0. The van der Waals surface area contributed by atoms with E-state index in [2.05, 4.69) is 41.6 Å². The highest BCUT2D eigenvalue weighted by molar-refractivity contribution is 4.74. The molecule has 3 unspecified atom stereocenters. The van der Waals surface area contributed by atoms with E-state index in [0.717, 1.165) is 58.5 Å². The Labute approximate surface area is 257 Å². The number of aliphatic hydroxyl groups excluding tert-OH is 2. The molecule has 6 heteroatoms. The molecule has 0 spiro atoms. The van der Waals surface area contributed by atoms with Crippen LogP contribution in [0.15, 0.2) is 0 Å². The largest absolute Gasteiger partial charge is 0.392 e. The van der Waals surface area contributed by atoms with E-state index in [-0.39, 0.29) is 12.2 Å². The van der Waals surface area contributed by atoms with E-state index in [0.29, 0.717) is 19.0 Å². The van der Waals surface area contributed by atoms with Gasteiger partial charge in [0, 0.05) is 52.4 Å². The molecule has 0 aromatic heterocycles. The molecule has 0 bridgehead atoms. The van der Waals surface area contributed by atoms with Crippen molar-refractivity contribution in [2.75, 3.05) is 59.4 Å². The number of aliphatic hydroxyl groups is 2. The molecule has 0 heterocycles. The average molecular weight is 585 g/mol. The number of rotatable bonds is 34. The van der Waals surface area contributed by atoms with E-state index in [4.69, 9.17) is 0 Å². The summed E-state index contributed by atoms with van der Waals surface area (Å²) in [6, 6.07) is 0. The normalized spacial score (nSPS) is 14.1. The van der Waals surface area contributed by atoms with Crippen LogP contribution in [0.2, 0.25) is 0 Å². The fraction of sp³-hybridized carbons (Fsp3) is 1.00. The zero-order valence-corrected chi connectivity index (χ0v) is 28.4. The molecule has 0 amide bonds. The van der Waals surface area contributed by atoms with Crippen LogP contribution in [0.1, 0.15) is 149 Å². The van der Waals surface area contributed by atoms with Crippen molar-refractivity contribution < 1.29 is 10.2 Å². The van der Waals surface area contributed by atoms with Gasteiger partial charge in [0.2, 0.25) is 0 Å². The van der Waals surface area contributed by atoms with Gasteiger partial charge in [-0.2, -0.15) is 0 Å². The lowest BCUT2D eigenvalue weighted by atomic mass is 9.96. The molecule has 0 aromatic carbocycles. The molecule has 248 valence electrons. The summed E-state index contributed by atoms with van der Waals surface area (Å²) in [7, 11) is 1.98. The quantitative estimate of drug-likeness (QED) is 0.0530. The molecule has 0 saturated heterocycles. The van der Waals surface area contributed by atoms with E-state index in [1.165, 1.54) is 109 Å². The number of hydrogen-bond donors (Lipinski definition) is 5. The van der Waals surface area contributed by atoms with Crippen molar-refractivity contribution in [3.63, 3.8) is 0 Å². The van der Waals surface area contributed by atoms with E-state index in [1.807, 2.05) is 7.05 Å². The second-order valence-corrected chi connectivity index (χ2v) is 12.8. The molecule has 0 aliphatic carbocycles. The van der Waals surface area contributed by atoms with Crippen molar-refractivity contribution in [1.82, 2.24) is 20.9 Å². The van der Waals surface area contributed by atoms with Crippen LogP contribution < -0.4 is 16.0 Å². The summed E-state index contributed by atoms with van der Waals surface area (Å²) in [5.41, 5.74) is 0. The van der Waals surface area contributed by atoms with Gasteiger partial charge in [-0.15, -0.1) is 0 Å². The molecule has 3 atom stereocenters. The van der Waals surface area contributed by atoms with Crippen molar-refractivity contribution in [3.8, 4) is 0 Å². The molecule has 41 heavy (non-hydrogen) atoms. The molecule has 6 nitrogen and oxygen atoms in total. The molecule has 0 radical (unpaired) electrons. The second-order valence-electron chi connectivity index (χ2n) is 12.8. The molecule has 0 saturated carbocycles. The number of nitrogens with zero attached hydrogens (tertiary/aromatic N) is 1. The maximum Gasteiger partial charge on any atom is 0.0692 e. The van der Waals surface area contributed by atoms with Gasteiger partial charge in [0.15, 0.2) is 0 Å². The van der Waals surface area contributed by atoms with Gasteiger partial charge < -0.3 is 26.2 Å². The zero-order chi connectivity index (χ0) is 30.2. The van der Waals surface area contributed by atoms with Gasteiger partial charge >= 0.3 is 0 Å². The molecule has 0 rings (SSSR count). The first kappa shape index (κ1) is 40.8. The molecular formula is C35H76N4O2. The predicted octanol–water partition coefficient (Wildman–Crippen LogP) is 6.89. The smallest absolute Gasteiger partial charge is 0.0692 e. The van der Waals surface area contributed by atoms with Crippen LogP contribution in [0, 0.1) is 5.92 Å². The van der Waals surface area contributed by atoms with Crippen molar-refractivity contribution in [2.24, 2.45) is 5.92 Å². The van der Waals surface area contributed by atoms with Crippen molar-refractivity contribution in [3.05, 3.63) is 0 Å². The minimum atomic E-state index is -0.327. The fourth-order valence-corrected chi connectivity index (χ4v) is 5.63. The van der Waals surface area contributed by atoms with Gasteiger partial charge in [0.05, 0.1) is 12.2 Å². The van der Waals surface area contributed by atoms with E-state index >= 15 is 0 Å². The number of hydrogen-bond acceptors (Lipinski definition) is 6. The van der Waals surface area contributed by atoms with Crippen LogP contribution in [-0.4, -0.2) is 86.7 Å². The Bertz CT molecular complexity index is 497. The van der Waals surface area contributed by atoms with Crippen LogP contribution in [-0.2, 0) is 0 Å². The van der Waals surface area contributed by atoms with E-state index in [9.17, 15) is 10.2 Å². The highest BCUT2D eigenvalue weighted by atomic mass is 16.3. The topological polar surface area (TPSA) is 79.8 Å². The van der Waals surface area contributed by atoms with Crippen molar-refractivity contribution >= 4 is 0 Å². The Morgan fingerprint density at radius 1 is 0.537 bits per heavy atom. The van der Waals surface area contributed by atoms with Gasteiger partial charge in [-0.25, -0.2) is 0 Å². The van der Waals surface area contributed by atoms with Crippen LogP contribution in [0.25, 0.3) is 0 Å². The first-order valence-corrected chi connectivity index (χ1v) is 18.2. The minimum Gasteiger partial charge on any atom is -0.392 e. The molecular weight excluding hydrogens is 508 g/mol. The summed E-state index contributed by atoms with van der Waals surface area (Å²) in [6.07, 6.45) is 25.2. The molecule has 5 N–H and O–H groups in total. The Morgan fingerprint density at radius 2 is 0.976 bits per heavy atom. The summed E-state index contributed by atoms with van der Waals surface area (Å²) < 4.78 is 0. The number of nitrogens with one attached hydrogen (secondary N) is 3. The first-order valence-electron chi connectivity index (χ1n) is 18.2. The maximum absolute atomic E-state index is 11.0. The fourth-order valence-electron chi connectivity index (χ4n) is 5.63. The SMILES string of the molecule is CCCCCCCCCCCCC(O)CN(CCNCCNCCNC)CC(O)C(C)CCCCCCCCCC. The standard InChI is InChI=1S/C35H76N4O2/c1-5-7-9-11-13-15-16-18-20-22-24-34(40)31-39(30-29-38-28-27-37-26-25-36-4)32-35(41)33(3)23-21-19-17-14-12-10-8-6-2/h33-38,40-41H,5-32H2,1-4H3. The lowest BCUT2D eigenvalue weighted by molar-refractivity contribution is 0.0401. The molecule has 0 aliphatic heterocycles. The highest BCUT2D eigenvalue weighted by Gasteiger charge is 2.20. The lowest BCUT2D eigenvalue weighted by Crippen LogP contribution is -2.44. The Balaban J connectivity index is 4.31. The van der Waals surface area contributed by atoms with E-state index in [1.54, 1.807) is 0 Å². The monoisotopic (exact) mass is 585 g/mol. The molecule has 0 aromatic rings. The highest BCUT2D eigenvalue weighted by Crippen LogP contribution is 2.17. The molecule has 0 aliphatic rings. The van der Waals surface area contributed by atoms with Crippen LogP contribution in [0.4, 0.5) is 0 Å². The third-order valence-corrected chi connectivity index (χ3v) is 8.61. The first-order chi connectivity index (χ1) is 20.0. The average Bonchev–Trinajstić information content (AvgIpc) is 2.96. The Morgan fingerprint density at radius 3 is 1.49 bits per heavy atom. The van der Waals surface area contributed by atoms with Crippen LogP contribution in [0.5, 0.6) is 0 Å². The Kier molecular flexibility index (Phi) is 32.5. The molecule has 0 fully saturated rings. The number of unbranched alkanes of at least 4 members (excludes halogenated alkanes) is 16. The summed E-state index contributed by atoms with van der Waals surface area (Å²) in [4.78, 5) is 2.30. The third-order valence-electron chi connectivity index (χ3n) is 8.61. The summed E-state index contributed by atoms with van der Waals surface area (Å²) >= 11 is 0. The number of likely N-dealkylation sites (N-methyl/N-ethyl adjacent to an activating group) is 1. The lowest BCUT2D eigenvalue weighted by Gasteiger charge is -2.30. The summed E-state index contributed by atoms with van der Waals surface area (Å²) in [5.74, 6) is 0.307. The van der Waals surface area contributed by atoms with Gasteiger partial charge in [0.1, 0.15) is 0 Å². The third kappa shape index (κ3) is 29.6.